The number of carbonyl (C=O) groups is 1. The van der Waals surface area contributed by atoms with Crippen molar-refractivity contribution in [3.8, 4) is 5.69 Å². The molecule has 2 aromatic heterocycles. The fraction of sp³-hybridized carbons (Fsp3) is 0.353. The van der Waals surface area contributed by atoms with Crippen LogP contribution in [0.2, 0.25) is 0 Å². The van der Waals surface area contributed by atoms with Crippen molar-refractivity contribution in [2.24, 2.45) is 0 Å². The predicted molar refractivity (Wildman–Crippen MR) is 94.0 cm³/mol. The van der Waals surface area contributed by atoms with Gasteiger partial charge >= 0.3 is 5.69 Å². The minimum atomic E-state index is -0.312. The van der Waals surface area contributed by atoms with Gasteiger partial charge in [-0.3, -0.25) is 9.36 Å². The Bertz CT molecular complexity index is 971. The van der Waals surface area contributed by atoms with Crippen LogP contribution in [-0.4, -0.2) is 35.0 Å². The maximum absolute atomic E-state index is 12.5. The Morgan fingerprint density at radius 1 is 1.19 bits per heavy atom. The van der Waals surface area contributed by atoms with Gasteiger partial charge in [0.25, 0.3) is 0 Å². The number of amides is 1. The topological polar surface area (TPSA) is 99.6 Å². The third-order valence-corrected chi connectivity index (χ3v) is 4.42. The molecule has 0 saturated heterocycles. The molecule has 134 valence electrons. The van der Waals surface area contributed by atoms with Crippen LogP contribution < -0.4 is 11.0 Å². The van der Waals surface area contributed by atoms with Crippen LogP contribution in [0, 0.1) is 0 Å². The second-order valence-corrected chi connectivity index (χ2v) is 6.22. The number of hydrogen-bond acceptors (Lipinski definition) is 5. The first-order valence-electron chi connectivity index (χ1n) is 8.63. The Morgan fingerprint density at radius 3 is 2.92 bits per heavy atom. The van der Waals surface area contributed by atoms with E-state index in [0.717, 1.165) is 31.5 Å². The minimum absolute atomic E-state index is 0.121. The summed E-state index contributed by atoms with van der Waals surface area (Å²) in [5.41, 5.74) is 1.07. The number of hydrogen-bond donors (Lipinski definition) is 1. The van der Waals surface area contributed by atoms with E-state index in [1.54, 1.807) is 21.6 Å². The zero-order valence-electron chi connectivity index (χ0n) is 14.2. The summed E-state index contributed by atoms with van der Waals surface area (Å²) in [4.78, 5) is 28.9. The van der Waals surface area contributed by atoms with Crippen molar-refractivity contribution < 1.29 is 4.79 Å². The van der Waals surface area contributed by atoms with Crippen molar-refractivity contribution in [1.82, 2.24) is 29.1 Å². The van der Waals surface area contributed by atoms with Crippen molar-refractivity contribution in [2.75, 3.05) is 5.32 Å². The number of benzene rings is 1. The lowest BCUT2D eigenvalue weighted by Gasteiger charge is -2.10. The van der Waals surface area contributed by atoms with Crippen molar-refractivity contribution in [1.29, 1.82) is 0 Å². The first-order chi connectivity index (χ1) is 12.7. The van der Waals surface area contributed by atoms with E-state index < -0.39 is 0 Å². The Balaban J connectivity index is 1.53. The normalized spacial score (nSPS) is 13.8. The van der Waals surface area contributed by atoms with Gasteiger partial charge in [-0.1, -0.05) is 18.6 Å². The molecule has 3 heterocycles. The highest BCUT2D eigenvalue weighted by Crippen LogP contribution is 2.18. The number of anilines is 1. The molecular weight excluding hydrogens is 334 g/mol. The second-order valence-electron chi connectivity index (χ2n) is 6.22. The molecule has 0 radical (unpaired) electrons. The molecule has 3 aromatic rings. The van der Waals surface area contributed by atoms with Gasteiger partial charge < -0.3 is 5.32 Å². The SMILES string of the molecule is O=C(Cn1nc2n(c1=O)CCCCC2)Nc1ccccc1-n1cncn1. The second kappa shape index (κ2) is 6.95. The summed E-state index contributed by atoms with van der Waals surface area (Å²) < 4.78 is 4.50. The fourth-order valence-corrected chi connectivity index (χ4v) is 3.17. The van der Waals surface area contributed by atoms with Gasteiger partial charge in [0.15, 0.2) is 0 Å². The van der Waals surface area contributed by atoms with Crippen LogP contribution in [0.3, 0.4) is 0 Å². The molecule has 1 amide bonds. The first kappa shape index (κ1) is 16.2. The number of fused-ring (bicyclic) bond motifs is 1. The maximum atomic E-state index is 12.5. The molecule has 0 bridgehead atoms. The number of carbonyl (C=O) groups excluding carboxylic acids is 1. The highest BCUT2D eigenvalue weighted by atomic mass is 16.2. The Kier molecular flexibility index (Phi) is 4.34. The van der Waals surface area contributed by atoms with E-state index in [4.69, 9.17) is 0 Å². The summed E-state index contributed by atoms with van der Waals surface area (Å²) in [6.07, 6.45) is 6.85. The summed E-state index contributed by atoms with van der Waals surface area (Å²) in [5.74, 6) is 0.455. The maximum Gasteiger partial charge on any atom is 0.346 e. The molecule has 1 aliphatic heterocycles. The Labute approximate surface area is 149 Å². The summed E-state index contributed by atoms with van der Waals surface area (Å²) in [5, 5.41) is 11.3. The van der Waals surface area contributed by atoms with Crippen LogP contribution in [0.25, 0.3) is 5.69 Å². The van der Waals surface area contributed by atoms with Crippen LogP contribution in [0.15, 0.2) is 41.7 Å². The number of para-hydroxylation sites is 2. The number of aryl methyl sites for hydroxylation is 1. The molecule has 1 aliphatic rings. The fourth-order valence-electron chi connectivity index (χ4n) is 3.17. The van der Waals surface area contributed by atoms with Gasteiger partial charge in [-0.15, -0.1) is 0 Å². The highest BCUT2D eigenvalue weighted by Gasteiger charge is 2.17. The van der Waals surface area contributed by atoms with E-state index in [1.807, 2.05) is 18.2 Å². The number of nitrogens with one attached hydrogen (secondary N) is 1. The van der Waals surface area contributed by atoms with Crippen molar-refractivity contribution in [2.45, 2.75) is 38.8 Å². The average Bonchev–Trinajstić information content (AvgIpc) is 3.19. The smallest absolute Gasteiger partial charge is 0.323 e. The lowest BCUT2D eigenvalue weighted by atomic mass is 10.2. The van der Waals surface area contributed by atoms with Crippen LogP contribution >= 0.6 is 0 Å². The molecule has 0 spiro atoms. The standard InChI is InChI=1S/C17H19N7O2/c25-16(10-23-17(26)22-9-5-1-2-8-15(22)21-23)20-13-6-3-4-7-14(13)24-12-18-11-19-24/h3-4,6-7,11-12H,1-2,5,8-10H2,(H,20,25). The van der Waals surface area contributed by atoms with Gasteiger partial charge in [0.1, 0.15) is 25.0 Å². The van der Waals surface area contributed by atoms with E-state index >= 15 is 0 Å². The van der Waals surface area contributed by atoms with Gasteiger partial charge in [-0.05, 0) is 25.0 Å². The van der Waals surface area contributed by atoms with Crippen LogP contribution in [0.4, 0.5) is 5.69 Å². The van der Waals surface area contributed by atoms with Gasteiger partial charge in [0.05, 0.1) is 11.4 Å². The van der Waals surface area contributed by atoms with Crippen molar-refractivity contribution in [3.05, 3.63) is 53.2 Å². The number of rotatable bonds is 4. The van der Waals surface area contributed by atoms with Crippen molar-refractivity contribution in [3.63, 3.8) is 0 Å². The van der Waals surface area contributed by atoms with Crippen molar-refractivity contribution >= 4 is 11.6 Å². The zero-order chi connectivity index (χ0) is 17.9. The third kappa shape index (κ3) is 3.15. The monoisotopic (exact) mass is 353 g/mol. The largest absolute Gasteiger partial charge is 0.346 e. The third-order valence-electron chi connectivity index (χ3n) is 4.42. The van der Waals surface area contributed by atoms with Crippen LogP contribution in [-0.2, 0) is 24.3 Å². The average molecular weight is 353 g/mol. The van der Waals surface area contributed by atoms with E-state index in [1.165, 1.54) is 11.0 Å². The molecule has 9 nitrogen and oxygen atoms in total. The molecular formula is C17H19N7O2. The van der Waals surface area contributed by atoms with Crippen LogP contribution in [0.5, 0.6) is 0 Å². The Morgan fingerprint density at radius 2 is 2.08 bits per heavy atom. The molecule has 0 atom stereocenters. The van der Waals surface area contributed by atoms with Gasteiger partial charge in [0, 0.05) is 13.0 Å². The molecule has 26 heavy (non-hydrogen) atoms. The molecule has 1 N–H and O–H groups in total. The highest BCUT2D eigenvalue weighted by molar-refractivity contribution is 5.92. The molecule has 0 aliphatic carbocycles. The summed E-state index contributed by atoms with van der Waals surface area (Å²) in [7, 11) is 0. The van der Waals surface area contributed by atoms with Gasteiger partial charge in [0.2, 0.25) is 5.91 Å². The van der Waals surface area contributed by atoms with E-state index in [9.17, 15) is 9.59 Å². The van der Waals surface area contributed by atoms with E-state index in [0.29, 0.717) is 17.9 Å². The van der Waals surface area contributed by atoms with E-state index in [2.05, 4.69) is 20.5 Å². The summed E-state index contributed by atoms with van der Waals surface area (Å²) >= 11 is 0. The van der Waals surface area contributed by atoms with E-state index in [-0.39, 0.29) is 18.1 Å². The quantitative estimate of drug-likeness (QED) is 0.754. The molecule has 9 heteroatoms. The summed E-state index contributed by atoms with van der Waals surface area (Å²) in [6.45, 7) is 0.551. The summed E-state index contributed by atoms with van der Waals surface area (Å²) in [6, 6.07) is 7.28. The lowest BCUT2D eigenvalue weighted by Crippen LogP contribution is -2.30. The van der Waals surface area contributed by atoms with Gasteiger partial charge in [-0.2, -0.15) is 10.2 Å². The number of nitrogens with zero attached hydrogens (tertiary/aromatic N) is 6. The predicted octanol–water partition coefficient (Wildman–Crippen LogP) is 0.991. The molecule has 4 rings (SSSR count). The molecule has 0 fully saturated rings. The lowest BCUT2D eigenvalue weighted by molar-refractivity contribution is -0.117. The molecule has 0 unspecified atom stereocenters. The molecule has 1 aromatic carbocycles. The zero-order valence-corrected chi connectivity index (χ0v) is 14.2. The Hall–Kier alpha value is -3.23. The van der Waals surface area contributed by atoms with Crippen LogP contribution in [0.1, 0.15) is 25.1 Å². The first-order valence-corrected chi connectivity index (χ1v) is 8.63. The van der Waals surface area contributed by atoms with Gasteiger partial charge in [-0.25, -0.2) is 19.1 Å². The number of aromatic nitrogens is 6. The molecule has 0 saturated carbocycles. The minimum Gasteiger partial charge on any atom is -0.323 e.